The number of carbonyl (C=O) groups excluding carboxylic acids is 2. The number of terminal acetylenes is 1. The van der Waals surface area contributed by atoms with Gasteiger partial charge in [-0.05, 0) is 12.1 Å². The summed E-state index contributed by atoms with van der Waals surface area (Å²) in [6.45, 7) is 3.73. The fourth-order valence-corrected chi connectivity index (χ4v) is 1.29. The number of hydrogen-bond donors (Lipinski definition) is 2. The van der Waals surface area contributed by atoms with Crippen LogP contribution in [0, 0.1) is 18.3 Å². The fraction of sp³-hybridized carbons (Fsp3) is 0.286. The summed E-state index contributed by atoms with van der Waals surface area (Å²) in [5.41, 5.74) is 0.896. The van der Waals surface area contributed by atoms with Crippen LogP contribution in [0.2, 0.25) is 0 Å². The van der Waals surface area contributed by atoms with Crippen molar-refractivity contribution in [3.63, 3.8) is 0 Å². The number of amides is 2. The molecule has 4 heteroatoms. The molecule has 0 fully saturated rings. The van der Waals surface area contributed by atoms with Crippen LogP contribution in [0.1, 0.15) is 24.2 Å². The number of anilines is 1. The molecule has 4 nitrogen and oxygen atoms in total. The van der Waals surface area contributed by atoms with Gasteiger partial charge in [-0.15, -0.1) is 6.42 Å². The zero-order valence-electron chi connectivity index (χ0n) is 10.5. The van der Waals surface area contributed by atoms with Crippen molar-refractivity contribution in [1.29, 1.82) is 0 Å². The van der Waals surface area contributed by atoms with Gasteiger partial charge in [0.15, 0.2) is 0 Å². The smallest absolute Gasteiger partial charge is 0.254 e. The Morgan fingerprint density at radius 3 is 2.61 bits per heavy atom. The molecule has 0 bridgehead atoms. The predicted octanol–water partition coefficient (Wildman–Crippen LogP) is 1.64. The molecule has 0 saturated carbocycles. The molecule has 1 aromatic carbocycles. The topological polar surface area (TPSA) is 58.2 Å². The first kappa shape index (κ1) is 13.8. The van der Waals surface area contributed by atoms with Gasteiger partial charge in [0, 0.05) is 5.92 Å². The zero-order chi connectivity index (χ0) is 13.5. The Morgan fingerprint density at radius 1 is 1.33 bits per heavy atom. The first-order valence-corrected chi connectivity index (χ1v) is 5.67. The number of nitrogens with one attached hydrogen (secondary N) is 2. The van der Waals surface area contributed by atoms with Gasteiger partial charge in [-0.1, -0.05) is 31.9 Å². The maximum Gasteiger partial charge on any atom is 0.254 e. The Balaban J connectivity index is 2.89. The lowest BCUT2D eigenvalue weighted by Crippen LogP contribution is -2.26. The second-order valence-corrected chi connectivity index (χ2v) is 4.08. The number of carbonyl (C=O) groups is 2. The normalized spacial score (nSPS) is 9.67. The fourth-order valence-electron chi connectivity index (χ4n) is 1.29. The molecule has 2 N–H and O–H groups in total. The summed E-state index contributed by atoms with van der Waals surface area (Å²) in [5, 5.41) is 5.28. The molecule has 0 aliphatic rings. The van der Waals surface area contributed by atoms with Gasteiger partial charge in [-0.25, -0.2) is 0 Å². The lowest BCUT2D eigenvalue weighted by atomic mass is 10.1. The van der Waals surface area contributed by atoms with Crippen LogP contribution >= 0.6 is 0 Å². The molecule has 18 heavy (non-hydrogen) atoms. The summed E-state index contributed by atoms with van der Waals surface area (Å²) in [4.78, 5) is 23.4. The molecule has 0 spiro atoms. The van der Waals surface area contributed by atoms with E-state index < -0.39 is 0 Å². The van der Waals surface area contributed by atoms with Crippen molar-refractivity contribution < 1.29 is 9.59 Å². The molecule has 0 aromatic heterocycles. The van der Waals surface area contributed by atoms with E-state index in [2.05, 4.69) is 16.6 Å². The third-order valence-electron chi connectivity index (χ3n) is 2.30. The van der Waals surface area contributed by atoms with Crippen molar-refractivity contribution in [3.8, 4) is 12.3 Å². The molecule has 0 radical (unpaired) electrons. The van der Waals surface area contributed by atoms with Crippen molar-refractivity contribution in [2.75, 3.05) is 11.9 Å². The third-order valence-corrected chi connectivity index (χ3v) is 2.30. The molecule has 1 aromatic rings. The van der Waals surface area contributed by atoms with E-state index in [0.717, 1.165) is 0 Å². The van der Waals surface area contributed by atoms with Crippen molar-refractivity contribution >= 4 is 17.5 Å². The molecule has 0 atom stereocenters. The first-order valence-electron chi connectivity index (χ1n) is 5.67. The largest absolute Gasteiger partial charge is 0.341 e. The van der Waals surface area contributed by atoms with Crippen molar-refractivity contribution in [2.45, 2.75) is 13.8 Å². The van der Waals surface area contributed by atoms with E-state index in [0.29, 0.717) is 11.3 Å². The van der Waals surface area contributed by atoms with Gasteiger partial charge in [0.1, 0.15) is 0 Å². The van der Waals surface area contributed by atoms with Crippen molar-refractivity contribution in [2.24, 2.45) is 5.92 Å². The number of rotatable bonds is 4. The maximum atomic E-state index is 11.8. The molecule has 0 aliphatic heterocycles. The predicted molar refractivity (Wildman–Crippen MR) is 71.1 cm³/mol. The summed E-state index contributed by atoms with van der Waals surface area (Å²) in [7, 11) is 0. The van der Waals surface area contributed by atoms with E-state index in [4.69, 9.17) is 6.42 Å². The Kier molecular flexibility index (Phi) is 4.94. The van der Waals surface area contributed by atoms with Crippen LogP contribution in [0.3, 0.4) is 0 Å². The average Bonchev–Trinajstić information content (AvgIpc) is 2.36. The van der Waals surface area contributed by atoms with Gasteiger partial charge >= 0.3 is 0 Å². The second kappa shape index (κ2) is 6.45. The summed E-state index contributed by atoms with van der Waals surface area (Å²) in [5.74, 6) is 1.75. The summed E-state index contributed by atoms with van der Waals surface area (Å²) in [6, 6.07) is 6.82. The highest BCUT2D eigenvalue weighted by atomic mass is 16.2. The van der Waals surface area contributed by atoms with E-state index in [-0.39, 0.29) is 24.3 Å². The molecule has 1 rings (SSSR count). The van der Waals surface area contributed by atoms with Crippen LogP contribution in [0.5, 0.6) is 0 Å². The molecule has 0 aliphatic carbocycles. The Labute approximate surface area is 107 Å². The third kappa shape index (κ3) is 3.63. The lowest BCUT2D eigenvalue weighted by molar-refractivity contribution is -0.118. The highest BCUT2D eigenvalue weighted by Crippen LogP contribution is 2.15. The van der Waals surface area contributed by atoms with E-state index in [1.165, 1.54) is 0 Å². The molecular formula is C14H16N2O2. The Hall–Kier alpha value is -2.28. The monoisotopic (exact) mass is 244 g/mol. The number of benzene rings is 1. The average molecular weight is 244 g/mol. The highest BCUT2D eigenvalue weighted by molar-refractivity contribution is 6.04. The Morgan fingerprint density at radius 2 is 2.00 bits per heavy atom. The number of para-hydroxylation sites is 1. The SMILES string of the molecule is C#CCNC(=O)c1ccccc1NC(=O)C(C)C. The van der Waals surface area contributed by atoms with E-state index in [1.54, 1.807) is 38.1 Å². The molecule has 0 saturated heterocycles. The minimum atomic E-state index is -0.299. The van der Waals surface area contributed by atoms with E-state index >= 15 is 0 Å². The maximum absolute atomic E-state index is 11.8. The minimum absolute atomic E-state index is 0.132. The van der Waals surface area contributed by atoms with Crippen molar-refractivity contribution in [3.05, 3.63) is 29.8 Å². The highest BCUT2D eigenvalue weighted by Gasteiger charge is 2.13. The Bertz CT molecular complexity index is 487. The quantitative estimate of drug-likeness (QED) is 0.791. The van der Waals surface area contributed by atoms with Crippen LogP contribution < -0.4 is 10.6 Å². The summed E-state index contributed by atoms with van der Waals surface area (Å²) >= 11 is 0. The van der Waals surface area contributed by atoms with Crippen LogP contribution in [0.25, 0.3) is 0 Å². The standard InChI is InChI=1S/C14H16N2O2/c1-4-9-15-14(18)11-7-5-6-8-12(11)16-13(17)10(2)3/h1,5-8,10H,9H2,2-3H3,(H,15,18)(H,16,17). The molecule has 0 unspecified atom stereocenters. The lowest BCUT2D eigenvalue weighted by Gasteiger charge is -2.11. The van der Waals surface area contributed by atoms with Crippen LogP contribution in [-0.4, -0.2) is 18.4 Å². The number of hydrogen-bond acceptors (Lipinski definition) is 2. The van der Waals surface area contributed by atoms with Gasteiger partial charge in [-0.2, -0.15) is 0 Å². The van der Waals surface area contributed by atoms with E-state index in [1.807, 2.05) is 0 Å². The molecule has 0 heterocycles. The molecular weight excluding hydrogens is 228 g/mol. The summed E-state index contributed by atoms with van der Waals surface area (Å²) < 4.78 is 0. The van der Waals surface area contributed by atoms with Gasteiger partial charge in [0.25, 0.3) is 5.91 Å². The van der Waals surface area contributed by atoms with Crippen LogP contribution in [0.4, 0.5) is 5.69 Å². The van der Waals surface area contributed by atoms with Crippen LogP contribution in [0.15, 0.2) is 24.3 Å². The van der Waals surface area contributed by atoms with E-state index in [9.17, 15) is 9.59 Å². The van der Waals surface area contributed by atoms with Gasteiger partial charge < -0.3 is 10.6 Å². The minimum Gasteiger partial charge on any atom is -0.341 e. The molecule has 94 valence electrons. The summed E-state index contributed by atoms with van der Waals surface area (Å²) in [6.07, 6.45) is 5.08. The second-order valence-electron chi connectivity index (χ2n) is 4.08. The van der Waals surface area contributed by atoms with Gasteiger partial charge in [0.05, 0.1) is 17.8 Å². The van der Waals surface area contributed by atoms with Gasteiger partial charge in [0.2, 0.25) is 5.91 Å². The zero-order valence-corrected chi connectivity index (χ0v) is 10.5. The van der Waals surface area contributed by atoms with Crippen molar-refractivity contribution in [1.82, 2.24) is 5.32 Å². The molecule has 2 amide bonds. The van der Waals surface area contributed by atoms with Gasteiger partial charge in [-0.3, -0.25) is 9.59 Å². The van der Waals surface area contributed by atoms with Crippen LogP contribution in [-0.2, 0) is 4.79 Å². The first-order chi connectivity index (χ1) is 8.56.